The minimum Gasteiger partial charge on any atom is -0.476 e. The number of hydrogen-bond acceptors (Lipinski definition) is 3. The van der Waals surface area contributed by atoms with Crippen LogP contribution in [0.25, 0.3) is 0 Å². The molecular formula is C11H10FN3O2. The third kappa shape index (κ3) is 2.25. The summed E-state index contributed by atoms with van der Waals surface area (Å²) in [7, 11) is 1.54. The number of carbonyl (C=O) groups is 1. The van der Waals surface area contributed by atoms with Gasteiger partial charge >= 0.3 is 5.97 Å². The molecule has 0 aliphatic heterocycles. The minimum atomic E-state index is -1.07. The van der Waals surface area contributed by atoms with Gasteiger partial charge in [-0.25, -0.2) is 9.18 Å². The highest BCUT2D eigenvalue weighted by molar-refractivity contribution is 5.93. The van der Waals surface area contributed by atoms with E-state index in [4.69, 9.17) is 5.11 Å². The van der Waals surface area contributed by atoms with E-state index in [0.29, 0.717) is 11.4 Å². The number of carboxylic acid groups (broad SMARTS) is 1. The molecule has 0 atom stereocenters. The van der Waals surface area contributed by atoms with Crippen molar-refractivity contribution in [1.29, 1.82) is 0 Å². The number of rotatable bonds is 3. The topological polar surface area (TPSA) is 67.2 Å². The van der Waals surface area contributed by atoms with Gasteiger partial charge in [-0.2, -0.15) is 5.10 Å². The molecule has 0 saturated carbocycles. The van der Waals surface area contributed by atoms with Crippen molar-refractivity contribution in [2.75, 3.05) is 5.32 Å². The molecule has 88 valence electrons. The van der Waals surface area contributed by atoms with Crippen LogP contribution in [0, 0.1) is 5.82 Å². The number of nitrogens with zero attached hydrogens (tertiary/aromatic N) is 2. The minimum absolute atomic E-state index is 0.0503. The zero-order valence-corrected chi connectivity index (χ0v) is 9.01. The maximum Gasteiger partial charge on any atom is 0.356 e. The van der Waals surface area contributed by atoms with Gasteiger partial charge in [0, 0.05) is 12.7 Å². The SMILES string of the molecule is Cn1ncc(Nc2ccc(F)cc2)c1C(=O)O. The fourth-order valence-corrected chi connectivity index (χ4v) is 1.47. The second kappa shape index (κ2) is 4.25. The Kier molecular flexibility index (Phi) is 2.78. The van der Waals surface area contributed by atoms with Crippen LogP contribution in [-0.4, -0.2) is 20.9 Å². The molecule has 6 heteroatoms. The molecular weight excluding hydrogens is 225 g/mol. The van der Waals surface area contributed by atoms with E-state index in [-0.39, 0.29) is 11.5 Å². The van der Waals surface area contributed by atoms with Crippen molar-refractivity contribution in [2.45, 2.75) is 0 Å². The monoisotopic (exact) mass is 235 g/mol. The fraction of sp³-hybridized carbons (Fsp3) is 0.0909. The largest absolute Gasteiger partial charge is 0.476 e. The summed E-state index contributed by atoms with van der Waals surface area (Å²) < 4.78 is 14.0. The van der Waals surface area contributed by atoms with Crippen molar-refractivity contribution in [3.05, 3.63) is 42.0 Å². The van der Waals surface area contributed by atoms with Crippen LogP contribution in [0.5, 0.6) is 0 Å². The number of halogens is 1. The Morgan fingerprint density at radius 1 is 1.41 bits per heavy atom. The first kappa shape index (κ1) is 11.1. The molecule has 1 aromatic heterocycles. The molecule has 0 aliphatic carbocycles. The first-order chi connectivity index (χ1) is 8.08. The Balaban J connectivity index is 2.30. The van der Waals surface area contributed by atoms with Crippen LogP contribution in [-0.2, 0) is 7.05 Å². The molecule has 1 aromatic carbocycles. The second-order valence-corrected chi connectivity index (χ2v) is 3.47. The van der Waals surface area contributed by atoms with Gasteiger partial charge in [-0.15, -0.1) is 0 Å². The lowest BCUT2D eigenvalue weighted by atomic mass is 10.3. The first-order valence-electron chi connectivity index (χ1n) is 4.86. The summed E-state index contributed by atoms with van der Waals surface area (Å²) in [6.07, 6.45) is 1.41. The molecule has 17 heavy (non-hydrogen) atoms. The van der Waals surface area contributed by atoms with Crippen molar-refractivity contribution in [1.82, 2.24) is 9.78 Å². The van der Waals surface area contributed by atoms with Gasteiger partial charge in [-0.05, 0) is 24.3 Å². The molecule has 0 saturated heterocycles. The number of nitrogens with one attached hydrogen (secondary N) is 1. The molecule has 1 heterocycles. The Labute approximate surface area is 96.5 Å². The lowest BCUT2D eigenvalue weighted by molar-refractivity contribution is 0.0686. The summed E-state index contributed by atoms with van der Waals surface area (Å²) in [5.74, 6) is -1.42. The lowest BCUT2D eigenvalue weighted by Gasteiger charge is -2.05. The standard InChI is InChI=1S/C11H10FN3O2/c1-15-10(11(16)17)9(6-13-15)14-8-4-2-7(12)3-5-8/h2-6,14H,1H3,(H,16,17). The van der Waals surface area contributed by atoms with E-state index in [1.807, 2.05) is 0 Å². The predicted octanol–water partition coefficient (Wildman–Crippen LogP) is 2.00. The van der Waals surface area contributed by atoms with Crippen molar-refractivity contribution in [3.8, 4) is 0 Å². The summed E-state index contributed by atoms with van der Waals surface area (Å²) in [5.41, 5.74) is 1.02. The summed E-state index contributed by atoms with van der Waals surface area (Å²) in [4.78, 5) is 11.0. The van der Waals surface area contributed by atoms with E-state index in [1.165, 1.54) is 35.1 Å². The van der Waals surface area contributed by atoms with E-state index in [1.54, 1.807) is 7.05 Å². The van der Waals surface area contributed by atoms with E-state index >= 15 is 0 Å². The predicted molar refractivity (Wildman–Crippen MR) is 59.9 cm³/mol. The molecule has 2 aromatic rings. The normalized spacial score (nSPS) is 10.2. The summed E-state index contributed by atoms with van der Waals surface area (Å²) in [6.45, 7) is 0. The number of aromatic nitrogens is 2. The molecule has 2 N–H and O–H groups in total. The number of hydrogen-bond donors (Lipinski definition) is 2. The molecule has 5 nitrogen and oxygen atoms in total. The molecule has 0 spiro atoms. The second-order valence-electron chi connectivity index (χ2n) is 3.47. The van der Waals surface area contributed by atoms with Gasteiger partial charge in [0.15, 0.2) is 5.69 Å². The smallest absolute Gasteiger partial charge is 0.356 e. The Morgan fingerprint density at radius 3 is 2.65 bits per heavy atom. The molecule has 0 aliphatic rings. The van der Waals surface area contributed by atoms with Crippen molar-refractivity contribution in [2.24, 2.45) is 7.05 Å². The maximum atomic E-state index is 12.7. The molecule has 2 rings (SSSR count). The molecule has 0 radical (unpaired) electrons. The quantitative estimate of drug-likeness (QED) is 0.853. The van der Waals surface area contributed by atoms with Gasteiger partial charge < -0.3 is 10.4 Å². The fourth-order valence-electron chi connectivity index (χ4n) is 1.47. The third-order valence-corrected chi connectivity index (χ3v) is 2.26. The zero-order chi connectivity index (χ0) is 12.4. The van der Waals surface area contributed by atoms with Crippen LogP contribution in [0.4, 0.5) is 15.8 Å². The highest BCUT2D eigenvalue weighted by Gasteiger charge is 2.15. The van der Waals surface area contributed by atoms with E-state index < -0.39 is 5.97 Å². The van der Waals surface area contributed by atoms with E-state index in [9.17, 15) is 9.18 Å². The molecule has 0 fully saturated rings. The average Bonchev–Trinajstić information content (AvgIpc) is 2.63. The van der Waals surface area contributed by atoms with Crippen LogP contribution in [0.2, 0.25) is 0 Å². The highest BCUT2D eigenvalue weighted by Crippen LogP contribution is 2.20. The number of carboxylic acids is 1. The maximum absolute atomic E-state index is 12.7. The summed E-state index contributed by atoms with van der Waals surface area (Å²) in [6, 6.07) is 5.63. The van der Waals surface area contributed by atoms with E-state index in [0.717, 1.165) is 0 Å². The van der Waals surface area contributed by atoms with Crippen LogP contribution in [0.1, 0.15) is 10.5 Å². The highest BCUT2D eigenvalue weighted by atomic mass is 19.1. The third-order valence-electron chi connectivity index (χ3n) is 2.26. The van der Waals surface area contributed by atoms with Crippen molar-refractivity contribution in [3.63, 3.8) is 0 Å². The Morgan fingerprint density at radius 2 is 2.06 bits per heavy atom. The van der Waals surface area contributed by atoms with Gasteiger partial charge in [-0.3, -0.25) is 4.68 Å². The van der Waals surface area contributed by atoms with E-state index in [2.05, 4.69) is 10.4 Å². The Hall–Kier alpha value is -2.37. The number of anilines is 2. The van der Waals surface area contributed by atoms with Gasteiger partial charge in [-0.1, -0.05) is 0 Å². The number of aromatic carboxylic acids is 1. The van der Waals surface area contributed by atoms with Crippen LogP contribution >= 0.6 is 0 Å². The van der Waals surface area contributed by atoms with Crippen molar-refractivity contribution >= 4 is 17.3 Å². The van der Waals surface area contributed by atoms with Gasteiger partial charge in [0.25, 0.3) is 0 Å². The molecule has 0 bridgehead atoms. The zero-order valence-electron chi connectivity index (χ0n) is 9.01. The van der Waals surface area contributed by atoms with Gasteiger partial charge in [0.1, 0.15) is 5.82 Å². The first-order valence-corrected chi connectivity index (χ1v) is 4.86. The lowest BCUT2D eigenvalue weighted by Crippen LogP contribution is -2.07. The number of benzene rings is 1. The number of aryl methyl sites for hydroxylation is 1. The van der Waals surface area contributed by atoms with Gasteiger partial charge in [0.2, 0.25) is 0 Å². The van der Waals surface area contributed by atoms with Crippen LogP contribution in [0.3, 0.4) is 0 Å². The van der Waals surface area contributed by atoms with Crippen molar-refractivity contribution < 1.29 is 14.3 Å². The van der Waals surface area contributed by atoms with Crippen LogP contribution < -0.4 is 5.32 Å². The summed E-state index contributed by atoms with van der Waals surface area (Å²) in [5, 5.41) is 15.7. The van der Waals surface area contributed by atoms with Gasteiger partial charge in [0.05, 0.1) is 11.9 Å². The molecule has 0 unspecified atom stereocenters. The molecule has 0 amide bonds. The average molecular weight is 235 g/mol. The Bertz CT molecular complexity index is 548. The van der Waals surface area contributed by atoms with Crippen LogP contribution in [0.15, 0.2) is 30.5 Å². The summed E-state index contributed by atoms with van der Waals surface area (Å²) >= 11 is 0.